The van der Waals surface area contributed by atoms with Crippen molar-refractivity contribution in [3.05, 3.63) is 47.8 Å². The highest BCUT2D eigenvalue weighted by atomic mass is 16.4. The van der Waals surface area contributed by atoms with Crippen LogP contribution in [0, 0.1) is 6.92 Å². The van der Waals surface area contributed by atoms with Crippen molar-refractivity contribution in [1.82, 2.24) is 9.97 Å². The Morgan fingerprint density at radius 1 is 1.20 bits per heavy atom. The molecule has 100 valence electrons. The number of aromatic hydroxyl groups is 1. The number of H-pyrrole nitrogens is 1. The summed E-state index contributed by atoms with van der Waals surface area (Å²) in [6, 6.07) is 9.72. The molecule has 0 aliphatic heterocycles. The molecule has 0 amide bonds. The number of fused-ring (bicyclic) bond motifs is 1. The van der Waals surface area contributed by atoms with Gasteiger partial charge in [0.2, 0.25) is 0 Å². The van der Waals surface area contributed by atoms with Gasteiger partial charge in [-0.3, -0.25) is 0 Å². The zero-order valence-corrected chi connectivity index (χ0v) is 10.7. The molecule has 1 aromatic heterocycles. The van der Waals surface area contributed by atoms with Crippen LogP contribution in [0.1, 0.15) is 16.2 Å². The van der Waals surface area contributed by atoms with Gasteiger partial charge in [-0.2, -0.15) is 0 Å². The third-order valence-electron chi connectivity index (χ3n) is 3.16. The zero-order valence-electron chi connectivity index (χ0n) is 10.7. The quantitative estimate of drug-likeness (QED) is 0.667. The highest BCUT2D eigenvalue weighted by molar-refractivity contribution is 5.91. The molecule has 0 aliphatic carbocycles. The van der Waals surface area contributed by atoms with Crippen LogP contribution in [0.3, 0.4) is 0 Å². The first kappa shape index (κ1) is 12.2. The van der Waals surface area contributed by atoms with Gasteiger partial charge < -0.3 is 15.2 Å². The summed E-state index contributed by atoms with van der Waals surface area (Å²) in [6.07, 6.45) is 0. The molecule has 0 bridgehead atoms. The SMILES string of the molecule is Cc1nc2cc(-c3cc(C(=O)O)ccc3O)ccc2[nH]1. The Bertz CT molecular complexity index is 821. The van der Waals surface area contributed by atoms with E-state index in [2.05, 4.69) is 9.97 Å². The smallest absolute Gasteiger partial charge is 0.335 e. The number of carbonyl (C=O) groups is 1. The van der Waals surface area contributed by atoms with Gasteiger partial charge in [0.25, 0.3) is 0 Å². The van der Waals surface area contributed by atoms with Crippen molar-refractivity contribution in [2.45, 2.75) is 6.92 Å². The second kappa shape index (κ2) is 4.38. The fourth-order valence-electron chi connectivity index (χ4n) is 2.20. The van der Waals surface area contributed by atoms with E-state index in [1.54, 1.807) is 0 Å². The lowest BCUT2D eigenvalue weighted by molar-refractivity contribution is 0.0697. The molecule has 5 nitrogen and oxygen atoms in total. The fraction of sp³-hybridized carbons (Fsp3) is 0.0667. The molecule has 0 aliphatic rings. The van der Waals surface area contributed by atoms with Crippen molar-refractivity contribution in [1.29, 1.82) is 0 Å². The molecule has 1 heterocycles. The number of nitrogens with one attached hydrogen (secondary N) is 1. The predicted molar refractivity (Wildman–Crippen MR) is 74.9 cm³/mol. The number of aryl methyl sites for hydroxylation is 1. The normalized spacial score (nSPS) is 10.8. The van der Waals surface area contributed by atoms with Gasteiger partial charge in [-0.1, -0.05) is 6.07 Å². The zero-order chi connectivity index (χ0) is 14.3. The summed E-state index contributed by atoms with van der Waals surface area (Å²) in [4.78, 5) is 18.5. The molecule has 2 aromatic carbocycles. The van der Waals surface area contributed by atoms with Crippen LogP contribution in [0.5, 0.6) is 5.75 Å². The van der Waals surface area contributed by atoms with Crippen LogP contribution < -0.4 is 0 Å². The largest absolute Gasteiger partial charge is 0.507 e. The lowest BCUT2D eigenvalue weighted by Crippen LogP contribution is -1.96. The number of hydrogen-bond donors (Lipinski definition) is 3. The van der Waals surface area contributed by atoms with Gasteiger partial charge >= 0.3 is 5.97 Å². The minimum absolute atomic E-state index is 0.0432. The molecular weight excluding hydrogens is 256 g/mol. The van der Waals surface area contributed by atoms with E-state index >= 15 is 0 Å². The van der Waals surface area contributed by atoms with Crippen molar-refractivity contribution in [3.8, 4) is 16.9 Å². The minimum Gasteiger partial charge on any atom is -0.507 e. The number of aromatic amines is 1. The standard InChI is InChI=1S/C15H12N2O3/c1-8-16-12-4-2-9(7-13(12)17-8)11-6-10(15(19)20)3-5-14(11)18/h2-7,18H,1H3,(H,16,17)(H,19,20). The maximum Gasteiger partial charge on any atom is 0.335 e. The van der Waals surface area contributed by atoms with Crippen LogP contribution in [-0.4, -0.2) is 26.2 Å². The monoisotopic (exact) mass is 268 g/mol. The molecule has 0 spiro atoms. The van der Waals surface area contributed by atoms with E-state index in [1.807, 2.05) is 25.1 Å². The molecule has 0 atom stereocenters. The maximum absolute atomic E-state index is 11.0. The molecular formula is C15H12N2O3. The summed E-state index contributed by atoms with van der Waals surface area (Å²) in [5.41, 5.74) is 3.02. The van der Waals surface area contributed by atoms with Crippen molar-refractivity contribution in [2.75, 3.05) is 0 Å². The van der Waals surface area contributed by atoms with Gasteiger partial charge in [-0.15, -0.1) is 0 Å². The van der Waals surface area contributed by atoms with Gasteiger partial charge in [0, 0.05) is 5.56 Å². The van der Waals surface area contributed by atoms with Crippen LogP contribution in [0.15, 0.2) is 36.4 Å². The second-order valence-electron chi connectivity index (χ2n) is 4.59. The van der Waals surface area contributed by atoms with Crippen LogP contribution in [0.4, 0.5) is 0 Å². The molecule has 0 saturated heterocycles. The molecule has 0 unspecified atom stereocenters. The molecule has 3 rings (SSSR count). The Balaban J connectivity index is 2.18. The Morgan fingerprint density at radius 3 is 2.75 bits per heavy atom. The van der Waals surface area contributed by atoms with Crippen molar-refractivity contribution >= 4 is 17.0 Å². The minimum atomic E-state index is -1.03. The molecule has 3 N–H and O–H groups in total. The third kappa shape index (κ3) is 1.99. The maximum atomic E-state index is 11.0. The van der Waals surface area contributed by atoms with E-state index in [4.69, 9.17) is 5.11 Å². The number of imidazole rings is 1. The van der Waals surface area contributed by atoms with E-state index in [0.717, 1.165) is 22.4 Å². The van der Waals surface area contributed by atoms with Crippen LogP contribution in [0.25, 0.3) is 22.2 Å². The molecule has 5 heteroatoms. The molecule has 3 aromatic rings. The number of rotatable bonds is 2. The Labute approximate surface area is 114 Å². The first-order valence-electron chi connectivity index (χ1n) is 6.07. The van der Waals surface area contributed by atoms with Gasteiger partial charge in [0.15, 0.2) is 0 Å². The summed E-state index contributed by atoms with van der Waals surface area (Å²) in [5.74, 6) is -0.176. The number of carboxylic acids is 1. The molecule has 0 radical (unpaired) electrons. The Kier molecular flexibility index (Phi) is 2.68. The summed E-state index contributed by atoms with van der Waals surface area (Å²) in [5, 5.41) is 18.9. The number of aromatic carboxylic acids is 1. The third-order valence-corrected chi connectivity index (χ3v) is 3.16. The number of aromatic nitrogens is 2. The Morgan fingerprint density at radius 2 is 2.00 bits per heavy atom. The number of hydrogen-bond acceptors (Lipinski definition) is 3. The average Bonchev–Trinajstić information content (AvgIpc) is 2.78. The van der Waals surface area contributed by atoms with Crippen molar-refractivity contribution < 1.29 is 15.0 Å². The van der Waals surface area contributed by atoms with Crippen LogP contribution in [0.2, 0.25) is 0 Å². The first-order valence-corrected chi connectivity index (χ1v) is 6.07. The van der Waals surface area contributed by atoms with Crippen LogP contribution in [-0.2, 0) is 0 Å². The number of benzene rings is 2. The molecule has 0 saturated carbocycles. The van der Waals surface area contributed by atoms with Gasteiger partial charge in [0.1, 0.15) is 11.6 Å². The first-order chi connectivity index (χ1) is 9.54. The van der Waals surface area contributed by atoms with Gasteiger partial charge in [-0.05, 0) is 42.8 Å². The van der Waals surface area contributed by atoms with Crippen molar-refractivity contribution in [3.63, 3.8) is 0 Å². The Hall–Kier alpha value is -2.82. The van der Waals surface area contributed by atoms with E-state index in [9.17, 15) is 9.90 Å². The molecule has 0 fully saturated rings. The van der Waals surface area contributed by atoms with E-state index in [1.165, 1.54) is 18.2 Å². The number of phenolic OH excluding ortho intramolecular Hbond substituents is 1. The predicted octanol–water partition coefficient (Wildman–Crippen LogP) is 2.94. The highest BCUT2D eigenvalue weighted by Gasteiger charge is 2.11. The lowest BCUT2D eigenvalue weighted by atomic mass is 10.0. The number of carboxylic acid groups (broad SMARTS) is 1. The molecule has 20 heavy (non-hydrogen) atoms. The summed E-state index contributed by atoms with van der Waals surface area (Å²) in [6.45, 7) is 1.86. The van der Waals surface area contributed by atoms with Gasteiger partial charge in [-0.25, -0.2) is 9.78 Å². The second-order valence-corrected chi connectivity index (χ2v) is 4.59. The van der Waals surface area contributed by atoms with E-state index < -0.39 is 5.97 Å². The topological polar surface area (TPSA) is 86.2 Å². The van der Waals surface area contributed by atoms with Crippen molar-refractivity contribution in [2.24, 2.45) is 0 Å². The summed E-state index contributed by atoms with van der Waals surface area (Å²) >= 11 is 0. The number of phenols is 1. The number of nitrogens with zero attached hydrogens (tertiary/aromatic N) is 1. The fourth-order valence-corrected chi connectivity index (χ4v) is 2.20. The summed E-state index contributed by atoms with van der Waals surface area (Å²) in [7, 11) is 0. The highest BCUT2D eigenvalue weighted by Crippen LogP contribution is 2.31. The average molecular weight is 268 g/mol. The summed E-state index contributed by atoms with van der Waals surface area (Å²) < 4.78 is 0. The van der Waals surface area contributed by atoms with E-state index in [0.29, 0.717) is 5.56 Å². The van der Waals surface area contributed by atoms with Crippen LogP contribution >= 0.6 is 0 Å². The van der Waals surface area contributed by atoms with Gasteiger partial charge in [0.05, 0.1) is 16.6 Å². The van der Waals surface area contributed by atoms with E-state index in [-0.39, 0.29) is 11.3 Å². The lowest BCUT2D eigenvalue weighted by Gasteiger charge is -2.06.